The Balaban J connectivity index is 2.20. The summed E-state index contributed by atoms with van der Waals surface area (Å²) in [4.78, 5) is 26.6. The number of hydrogen-bond acceptors (Lipinski definition) is 2. The predicted octanol–water partition coefficient (Wildman–Crippen LogP) is 3.47. The maximum absolute atomic E-state index is 12.5. The molecule has 4 heteroatoms. The van der Waals surface area contributed by atoms with E-state index < -0.39 is 0 Å². The molecule has 1 fully saturated rings. The summed E-state index contributed by atoms with van der Waals surface area (Å²) >= 11 is 0. The SMILES string of the molecule is CCC(C)c1ccccc1N1CC(C(=O)NC(C)(C)C)CC1=O. The molecule has 0 aromatic heterocycles. The van der Waals surface area contributed by atoms with Gasteiger partial charge in [-0.3, -0.25) is 9.59 Å². The van der Waals surface area contributed by atoms with Gasteiger partial charge in [0.2, 0.25) is 11.8 Å². The molecule has 2 amide bonds. The molecule has 1 aliphatic heterocycles. The summed E-state index contributed by atoms with van der Waals surface area (Å²) < 4.78 is 0. The van der Waals surface area contributed by atoms with Crippen LogP contribution in [0.5, 0.6) is 0 Å². The highest BCUT2D eigenvalue weighted by Crippen LogP contribution is 2.33. The van der Waals surface area contributed by atoms with Gasteiger partial charge in [0.15, 0.2) is 0 Å². The molecule has 23 heavy (non-hydrogen) atoms. The van der Waals surface area contributed by atoms with Crippen molar-refractivity contribution in [3.8, 4) is 0 Å². The number of para-hydroxylation sites is 1. The van der Waals surface area contributed by atoms with Gasteiger partial charge in [-0.25, -0.2) is 0 Å². The largest absolute Gasteiger partial charge is 0.351 e. The van der Waals surface area contributed by atoms with E-state index in [1.807, 2.05) is 39.0 Å². The van der Waals surface area contributed by atoms with E-state index >= 15 is 0 Å². The second kappa shape index (κ2) is 6.73. The highest BCUT2D eigenvalue weighted by molar-refractivity contribution is 6.01. The van der Waals surface area contributed by atoms with Gasteiger partial charge in [-0.15, -0.1) is 0 Å². The van der Waals surface area contributed by atoms with Crippen molar-refractivity contribution in [1.29, 1.82) is 0 Å². The van der Waals surface area contributed by atoms with E-state index in [4.69, 9.17) is 0 Å². The van der Waals surface area contributed by atoms with Crippen LogP contribution >= 0.6 is 0 Å². The van der Waals surface area contributed by atoms with E-state index in [0.717, 1.165) is 12.1 Å². The van der Waals surface area contributed by atoms with Crippen molar-refractivity contribution in [2.24, 2.45) is 5.92 Å². The molecule has 0 saturated carbocycles. The zero-order valence-electron chi connectivity index (χ0n) is 14.8. The summed E-state index contributed by atoms with van der Waals surface area (Å²) in [6, 6.07) is 8.04. The second-order valence-corrected chi connectivity index (χ2v) is 7.51. The third kappa shape index (κ3) is 4.12. The molecule has 1 N–H and O–H groups in total. The minimum Gasteiger partial charge on any atom is -0.351 e. The van der Waals surface area contributed by atoms with Gasteiger partial charge >= 0.3 is 0 Å². The molecule has 2 unspecified atom stereocenters. The Hall–Kier alpha value is -1.84. The molecule has 2 atom stereocenters. The van der Waals surface area contributed by atoms with Crippen molar-refractivity contribution in [3.63, 3.8) is 0 Å². The van der Waals surface area contributed by atoms with Crippen molar-refractivity contribution >= 4 is 17.5 Å². The van der Waals surface area contributed by atoms with Crippen molar-refractivity contribution in [3.05, 3.63) is 29.8 Å². The van der Waals surface area contributed by atoms with Gasteiger partial charge in [0.25, 0.3) is 0 Å². The second-order valence-electron chi connectivity index (χ2n) is 7.51. The third-order valence-electron chi connectivity index (χ3n) is 4.36. The Bertz CT molecular complexity index is 589. The number of rotatable bonds is 4. The van der Waals surface area contributed by atoms with Crippen LogP contribution in [-0.2, 0) is 9.59 Å². The molecule has 2 rings (SSSR count). The van der Waals surface area contributed by atoms with Crippen LogP contribution in [0.15, 0.2) is 24.3 Å². The molecule has 0 radical (unpaired) electrons. The van der Waals surface area contributed by atoms with Crippen LogP contribution in [0.2, 0.25) is 0 Å². The third-order valence-corrected chi connectivity index (χ3v) is 4.36. The molecular weight excluding hydrogens is 288 g/mol. The lowest BCUT2D eigenvalue weighted by molar-refractivity contribution is -0.127. The number of amides is 2. The summed E-state index contributed by atoms with van der Waals surface area (Å²) in [5, 5.41) is 2.98. The van der Waals surface area contributed by atoms with Crippen LogP contribution in [0.4, 0.5) is 5.69 Å². The first-order valence-corrected chi connectivity index (χ1v) is 8.44. The molecule has 0 bridgehead atoms. The minimum absolute atomic E-state index is 0.0330. The molecule has 1 heterocycles. The number of carbonyl (C=O) groups is 2. The number of nitrogens with one attached hydrogen (secondary N) is 1. The van der Waals surface area contributed by atoms with E-state index in [2.05, 4.69) is 25.2 Å². The van der Waals surface area contributed by atoms with E-state index in [-0.39, 0.29) is 29.7 Å². The lowest BCUT2D eigenvalue weighted by Gasteiger charge is -2.24. The average Bonchev–Trinajstić information content (AvgIpc) is 2.87. The highest BCUT2D eigenvalue weighted by atomic mass is 16.2. The molecule has 1 aromatic rings. The van der Waals surface area contributed by atoms with Crippen molar-refractivity contribution < 1.29 is 9.59 Å². The summed E-state index contributed by atoms with van der Waals surface area (Å²) in [5.74, 6) is 0.123. The van der Waals surface area contributed by atoms with E-state index in [1.165, 1.54) is 5.56 Å². The molecule has 0 spiro atoms. The van der Waals surface area contributed by atoms with Crippen LogP contribution in [0.1, 0.15) is 58.9 Å². The Morgan fingerprint density at radius 2 is 2.00 bits per heavy atom. The monoisotopic (exact) mass is 316 g/mol. The van der Waals surface area contributed by atoms with Crippen molar-refractivity contribution in [2.45, 2.75) is 58.9 Å². The first kappa shape index (κ1) is 17.5. The maximum atomic E-state index is 12.5. The summed E-state index contributed by atoms with van der Waals surface area (Å²) in [6.45, 7) is 10.7. The molecule has 1 saturated heterocycles. The fourth-order valence-electron chi connectivity index (χ4n) is 2.96. The van der Waals surface area contributed by atoms with Crippen LogP contribution in [0.3, 0.4) is 0 Å². The van der Waals surface area contributed by atoms with Crippen LogP contribution in [-0.4, -0.2) is 23.9 Å². The molecule has 1 aromatic carbocycles. The summed E-state index contributed by atoms with van der Waals surface area (Å²) in [5.41, 5.74) is 1.86. The number of benzene rings is 1. The average molecular weight is 316 g/mol. The zero-order valence-corrected chi connectivity index (χ0v) is 14.8. The molecule has 1 aliphatic rings. The van der Waals surface area contributed by atoms with E-state index in [1.54, 1.807) is 4.90 Å². The Morgan fingerprint density at radius 1 is 1.35 bits per heavy atom. The van der Waals surface area contributed by atoms with E-state index in [0.29, 0.717) is 12.5 Å². The molecular formula is C19H28N2O2. The topological polar surface area (TPSA) is 49.4 Å². The lowest BCUT2D eigenvalue weighted by Crippen LogP contribution is -2.44. The highest BCUT2D eigenvalue weighted by Gasteiger charge is 2.37. The molecule has 0 aliphatic carbocycles. The summed E-state index contributed by atoms with van der Waals surface area (Å²) in [6.07, 6.45) is 1.31. The van der Waals surface area contributed by atoms with Gasteiger partial charge in [0, 0.05) is 24.2 Å². The van der Waals surface area contributed by atoms with Gasteiger partial charge in [0.1, 0.15) is 0 Å². The van der Waals surface area contributed by atoms with Gasteiger partial charge < -0.3 is 10.2 Å². The first-order valence-electron chi connectivity index (χ1n) is 8.44. The minimum atomic E-state index is -0.276. The van der Waals surface area contributed by atoms with Gasteiger partial charge in [-0.05, 0) is 44.7 Å². The van der Waals surface area contributed by atoms with Crippen molar-refractivity contribution in [1.82, 2.24) is 5.32 Å². The Morgan fingerprint density at radius 3 is 2.61 bits per heavy atom. The fraction of sp³-hybridized carbons (Fsp3) is 0.579. The molecule has 126 valence electrons. The number of nitrogens with zero attached hydrogens (tertiary/aromatic N) is 1. The maximum Gasteiger partial charge on any atom is 0.227 e. The van der Waals surface area contributed by atoms with Crippen molar-refractivity contribution in [2.75, 3.05) is 11.4 Å². The number of anilines is 1. The summed E-state index contributed by atoms with van der Waals surface area (Å²) in [7, 11) is 0. The first-order chi connectivity index (χ1) is 10.7. The Kier molecular flexibility index (Phi) is 5.12. The van der Waals surface area contributed by atoms with Crippen LogP contribution < -0.4 is 10.2 Å². The van der Waals surface area contributed by atoms with Crippen LogP contribution in [0, 0.1) is 5.92 Å². The quantitative estimate of drug-likeness (QED) is 0.924. The molecule has 4 nitrogen and oxygen atoms in total. The van der Waals surface area contributed by atoms with Crippen LogP contribution in [0.25, 0.3) is 0 Å². The number of hydrogen-bond donors (Lipinski definition) is 1. The lowest BCUT2D eigenvalue weighted by atomic mass is 9.96. The standard InChI is InChI=1S/C19H28N2O2/c1-6-13(2)15-9-7-8-10-16(15)21-12-14(11-17(21)22)18(23)20-19(3,4)5/h7-10,13-14H,6,11-12H2,1-5H3,(H,20,23). The van der Waals surface area contributed by atoms with E-state index in [9.17, 15) is 9.59 Å². The smallest absolute Gasteiger partial charge is 0.227 e. The normalized spacial score (nSPS) is 19.8. The Labute approximate surface area is 139 Å². The fourth-order valence-corrected chi connectivity index (χ4v) is 2.96. The van der Waals surface area contributed by atoms with Gasteiger partial charge in [-0.2, -0.15) is 0 Å². The van der Waals surface area contributed by atoms with Gasteiger partial charge in [0.05, 0.1) is 5.92 Å². The zero-order chi connectivity index (χ0) is 17.2. The van der Waals surface area contributed by atoms with Gasteiger partial charge in [-0.1, -0.05) is 32.0 Å². The predicted molar refractivity (Wildman–Crippen MR) is 93.5 cm³/mol. The number of carbonyl (C=O) groups excluding carboxylic acids is 2.